The number of nitrogens with two attached hydrogens (primary N) is 1. The highest BCUT2D eigenvalue weighted by Gasteiger charge is 2.39. The van der Waals surface area contributed by atoms with E-state index in [-0.39, 0.29) is 12.5 Å². The maximum Gasteiger partial charge on any atom is 0.321 e. The summed E-state index contributed by atoms with van der Waals surface area (Å²) in [6.45, 7) is 0.194. The van der Waals surface area contributed by atoms with Gasteiger partial charge < -0.3 is 20.3 Å². The van der Waals surface area contributed by atoms with E-state index in [1.807, 2.05) is 54.6 Å². The summed E-state index contributed by atoms with van der Waals surface area (Å²) in [6, 6.07) is 25.0. The predicted molar refractivity (Wildman–Crippen MR) is 113 cm³/mol. The first-order valence-electron chi connectivity index (χ1n) is 9.25. The van der Waals surface area contributed by atoms with Gasteiger partial charge in [0.05, 0.1) is 4.75 Å². The molecule has 0 aromatic heterocycles. The Morgan fingerprint density at radius 3 is 2.10 bits per heavy atom. The van der Waals surface area contributed by atoms with Gasteiger partial charge in [-0.1, -0.05) is 66.7 Å². The monoisotopic (exact) mass is 407 g/mol. The van der Waals surface area contributed by atoms with E-state index in [9.17, 15) is 9.90 Å². The number of benzene rings is 3. The molecule has 0 aliphatic carbocycles. The van der Waals surface area contributed by atoms with Gasteiger partial charge in [0.25, 0.3) is 0 Å². The van der Waals surface area contributed by atoms with Crippen molar-refractivity contribution in [2.45, 2.75) is 10.8 Å². The molecular weight excluding hydrogens is 386 g/mol. The molecule has 29 heavy (non-hydrogen) atoms. The molecule has 1 heterocycles. The highest BCUT2D eigenvalue weighted by atomic mass is 32.2. The highest BCUT2D eigenvalue weighted by Crippen LogP contribution is 2.50. The Kier molecular flexibility index (Phi) is 5.47. The van der Waals surface area contributed by atoms with Crippen LogP contribution in [0, 0.1) is 0 Å². The fraction of sp³-hybridized carbons (Fsp3) is 0.174. The number of hydrogen-bond acceptors (Lipinski definition) is 5. The first-order chi connectivity index (χ1) is 14.1. The number of hydrogen-bond donors (Lipinski definition) is 2. The first kappa shape index (κ1) is 19.4. The van der Waals surface area contributed by atoms with Crippen molar-refractivity contribution in [3.63, 3.8) is 0 Å². The summed E-state index contributed by atoms with van der Waals surface area (Å²) in [5.74, 6) is 0.615. The molecule has 1 aliphatic heterocycles. The standard InChI is InChI=1S/C23H21NO4S/c24-19(22(25)26)14-29-23(16-7-3-1-4-8-16,17-9-5-2-6-10-17)18-11-12-20-21(13-18)28-15-27-20/h1-13,19H,14-15,24H2,(H,25,26)/t19-/m1/s1. The normalized spacial score (nSPS) is 13.8. The van der Waals surface area contributed by atoms with Crippen LogP contribution in [0.1, 0.15) is 16.7 Å². The molecule has 5 nitrogen and oxygen atoms in total. The summed E-state index contributed by atoms with van der Waals surface area (Å²) in [5, 5.41) is 9.34. The van der Waals surface area contributed by atoms with Gasteiger partial charge in [0, 0.05) is 5.75 Å². The van der Waals surface area contributed by atoms with Crippen molar-refractivity contribution in [1.29, 1.82) is 0 Å². The number of carboxylic acids is 1. The number of ether oxygens (including phenoxy) is 2. The van der Waals surface area contributed by atoms with Crippen molar-refractivity contribution < 1.29 is 19.4 Å². The van der Waals surface area contributed by atoms with Crippen LogP contribution in [0.4, 0.5) is 0 Å². The van der Waals surface area contributed by atoms with Gasteiger partial charge in [0.15, 0.2) is 11.5 Å². The van der Waals surface area contributed by atoms with Gasteiger partial charge in [0.2, 0.25) is 6.79 Å². The van der Waals surface area contributed by atoms with Gasteiger partial charge in [-0.25, -0.2) is 0 Å². The molecule has 0 amide bonds. The second-order valence-corrected chi connectivity index (χ2v) is 7.97. The molecule has 0 saturated heterocycles. The average molecular weight is 407 g/mol. The zero-order valence-corrected chi connectivity index (χ0v) is 16.5. The van der Waals surface area contributed by atoms with Crippen LogP contribution in [0.15, 0.2) is 78.9 Å². The molecular formula is C23H21NO4S. The third kappa shape index (κ3) is 3.69. The van der Waals surface area contributed by atoms with E-state index in [4.69, 9.17) is 15.2 Å². The molecule has 0 radical (unpaired) electrons. The molecule has 0 fully saturated rings. The van der Waals surface area contributed by atoms with Crippen molar-refractivity contribution in [1.82, 2.24) is 0 Å². The Hall–Kier alpha value is -2.96. The number of fused-ring (bicyclic) bond motifs is 1. The van der Waals surface area contributed by atoms with Crippen molar-refractivity contribution in [2.75, 3.05) is 12.5 Å². The van der Waals surface area contributed by atoms with Gasteiger partial charge in [-0.05, 0) is 28.8 Å². The summed E-state index contributed by atoms with van der Waals surface area (Å²) in [7, 11) is 0. The van der Waals surface area contributed by atoms with Crippen molar-refractivity contribution in [3.05, 3.63) is 95.6 Å². The maximum absolute atomic E-state index is 11.4. The van der Waals surface area contributed by atoms with Crippen LogP contribution in [0.25, 0.3) is 0 Å². The Balaban J connectivity index is 1.91. The molecule has 3 aromatic carbocycles. The largest absolute Gasteiger partial charge is 0.480 e. The van der Waals surface area contributed by atoms with E-state index in [1.54, 1.807) is 0 Å². The lowest BCUT2D eigenvalue weighted by atomic mass is 9.84. The topological polar surface area (TPSA) is 81.8 Å². The Morgan fingerprint density at radius 1 is 0.931 bits per heavy atom. The van der Waals surface area contributed by atoms with Crippen molar-refractivity contribution >= 4 is 17.7 Å². The number of aliphatic carboxylic acids is 1. The average Bonchev–Trinajstić information content (AvgIpc) is 3.23. The Labute approximate surface area is 173 Å². The van der Waals surface area contributed by atoms with Gasteiger partial charge in [0.1, 0.15) is 6.04 Å². The molecule has 1 aliphatic rings. The second-order valence-electron chi connectivity index (χ2n) is 6.74. The van der Waals surface area contributed by atoms with Crippen LogP contribution in [-0.2, 0) is 9.54 Å². The molecule has 0 unspecified atom stereocenters. The third-order valence-corrected chi connectivity index (χ3v) is 6.60. The van der Waals surface area contributed by atoms with Crippen molar-refractivity contribution in [2.24, 2.45) is 5.73 Å². The van der Waals surface area contributed by atoms with Crippen LogP contribution in [-0.4, -0.2) is 29.7 Å². The lowest BCUT2D eigenvalue weighted by Crippen LogP contribution is -2.36. The van der Waals surface area contributed by atoms with Gasteiger partial charge >= 0.3 is 5.97 Å². The fourth-order valence-corrected chi connectivity index (χ4v) is 4.97. The minimum atomic E-state index is -1.02. The van der Waals surface area contributed by atoms with Crippen LogP contribution in [0.5, 0.6) is 11.5 Å². The molecule has 3 N–H and O–H groups in total. The van der Waals surface area contributed by atoms with Gasteiger partial charge in [-0.15, -0.1) is 11.8 Å². The smallest absolute Gasteiger partial charge is 0.321 e. The molecule has 3 aromatic rings. The summed E-state index contributed by atoms with van der Waals surface area (Å²) in [6.07, 6.45) is 0. The molecule has 6 heteroatoms. The zero-order chi connectivity index (χ0) is 20.3. The Morgan fingerprint density at radius 2 is 1.52 bits per heavy atom. The molecule has 0 spiro atoms. The summed E-state index contributed by atoms with van der Waals surface area (Å²) < 4.78 is 10.4. The number of rotatable bonds is 7. The molecule has 4 rings (SSSR count). The number of thioether (sulfide) groups is 1. The van der Waals surface area contributed by atoms with Crippen LogP contribution >= 0.6 is 11.8 Å². The van der Waals surface area contributed by atoms with Crippen molar-refractivity contribution in [3.8, 4) is 11.5 Å². The second kappa shape index (κ2) is 8.19. The predicted octanol–water partition coefficient (Wildman–Crippen LogP) is 3.85. The maximum atomic E-state index is 11.4. The van der Waals surface area contributed by atoms with E-state index in [2.05, 4.69) is 24.3 Å². The van der Waals surface area contributed by atoms with E-state index < -0.39 is 16.8 Å². The SMILES string of the molecule is N[C@H](CSC(c1ccccc1)(c1ccccc1)c1ccc2c(c1)OCO2)C(=O)O. The minimum Gasteiger partial charge on any atom is -0.480 e. The molecule has 0 bridgehead atoms. The quantitative estimate of drug-likeness (QED) is 0.579. The van der Waals surface area contributed by atoms with Crippen LogP contribution in [0.2, 0.25) is 0 Å². The number of carbonyl (C=O) groups is 1. The third-order valence-electron chi connectivity index (χ3n) is 4.94. The molecule has 0 saturated carbocycles. The molecule has 148 valence electrons. The number of carboxylic acid groups (broad SMARTS) is 1. The summed E-state index contributed by atoms with van der Waals surface area (Å²) in [4.78, 5) is 11.4. The minimum absolute atomic E-state index is 0.194. The fourth-order valence-electron chi connectivity index (χ4n) is 3.50. The first-order valence-corrected chi connectivity index (χ1v) is 10.2. The summed E-state index contributed by atoms with van der Waals surface area (Å²) in [5.41, 5.74) is 8.93. The molecule has 1 atom stereocenters. The van der Waals surface area contributed by atoms with E-state index in [1.165, 1.54) is 11.8 Å². The Bertz CT molecular complexity index is 955. The van der Waals surface area contributed by atoms with E-state index in [0.29, 0.717) is 11.5 Å². The highest BCUT2D eigenvalue weighted by molar-refractivity contribution is 8.00. The van der Waals surface area contributed by atoms with E-state index in [0.717, 1.165) is 16.7 Å². The zero-order valence-electron chi connectivity index (χ0n) is 15.7. The van der Waals surface area contributed by atoms with Crippen LogP contribution < -0.4 is 15.2 Å². The summed E-state index contributed by atoms with van der Waals surface area (Å²) >= 11 is 1.51. The van der Waals surface area contributed by atoms with Gasteiger partial charge in [-0.3, -0.25) is 4.79 Å². The lowest BCUT2D eigenvalue weighted by molar-refractivity contribution is -0.137. The van der Waals surface area contributed by atoms with E-state index >= 15 is 0 Å². The van der Waals surface area contributed by atoms with Gasteiger partial charge in [-0.2, -0.15) is 0 Å². The van der Waals surface area contributed by atoms with Crippen LogP contribution in [0.3, 0.4) is 0 Å². The lowest BCUT2D eigenvalue weighted by Gasteiger charge is -2.36.